The quantitative estimate of drug-likeness (QED) is 0.869. The maximum Gasteiger partial charge on any atom is 0.250 e. The van der Waals surface area contributed by atoms with Gasteiger partial charge in [-0.1, -0.05) is 32.0 Å². The SMILES string of the molecule is CC(C)c1ccccc1NC(=O)COC1CCNCC1. The second-order valence-electron chi connectivity index (χ2n) is 5.55. The van der Waals surface area contributed by atoms with Crippen molar-refractivity contribution >= 4 is 11.6 Å². The highest BCUT2D eigenvalue weighted by Crippen LogP contribution is 2.23. The Kier molecular flexibility index (Phi) is 5.56. The van der Waals surface area contributed by atoms with E-state index in [0.29, 0.717) is 5.92 Å². The van der Waals surface area contributed by atoms with Crippen molar-refractivity contribution in [3.63, 3.8) is 0 Å². The molecule has 1 fully saturated rings. The fourth-order valence-electron chi connectivity index (χ4n) is 2.46. The van der Waals surface area contributed by atoms with Gasteiger partial charge in [0.05, 0.1) is 6.10 Å². The lowest BCUT2D eigenvalue weighted by atomic mass is 10.0. The molecule has 1 amide bonds. The van der Waals surface area contributed by atoms with Crippen LogP contribution in [0.2, 0.25) is 0 Å². The molecule has 0 unspecified atom stereocenters. The molecule has 1 aromatic carbocycles. The number of amides is 1. The number of piperidine rings is 1. The van der Waals surface area contributed by atoms with E-state index in [0.717, 1.165) is 37.2 Å². The van der Waals surface area contributed by atoms with Gasteiger partial charge in [-0.25, -0.2) is 0 Å². The zero-order valence-corrected chi connectivity index (χ0v) is 12.3. The van der Waals surface area contributed by atoms with E-state index in [2.05, 4.69) is 24.5 Å². The van der Waals surface area contributed by atoms with Crippen LogP contribution in [0, 0.1) is 0 Å². The van der Waals surface area contributed by atoms with Crippen LogP contribution >= 0.6 is 0 Å². The summed E-state index contributed by atoms with van der Waals surface area (Å²) in [4.78, 5) is 12.0. The number of hydrogen-bond acceptors (Lipinski definition) is 3. The first-order valence-corrected chi connectivity index (χ1v) is 7.38. The van der Waals surface area contributed by atoms with E-state index in [1.54, 1.807) is 0 Å². The molecule has 2 rings (SSSR count). The number of nitrogens with one attached hydrogen (secondary N) is 2. The van der Waals surface area contributed by atoms with Gasteiger partial charge in [-0.2, -0.15) is 0 Å². The molecule has 0 radical (unpaired) electrons. The Morgan fingerprint density at radius 2 is 2.05 bits per heavy atom. The van der Waals surface area contributed by atoms with Crippen LogP contribution in [-0.2, 0) is 9.53 Å². The number of hydrogen-bond donors (Lipinski definition) is 2. The third-order valence-electron chi connectivity index (χ3n) is 3.59. The van der Waals surface area contributed by atoms with Crippen molar-refractivity contribution in [2.45, 2.75) is 38.7 Å². The smallest absolute Gasteiger partial charge is 0.250 e. The van der Waals surface area contributed by atoms with E-state index < -0.39 is 0 Å². The molecular weight excluding hydrogens is 252 g/mol. The van der Waals surface area contributed by atoms with E-state index in [9.17, 15) is 4.79 Å². The summed E-state index contributed by atoms with van der Waals surface area (Å²) < 4.78 is 5.67. The summed E-state index contributed by atoms with van der Waals surface area (Å²) in [6, 6.07) is 7.93. The molecular formula is C16H24N2O2. The summed E-state index contributed by atoms with van der Waals surface area (Å²) in [5.41, 5.74) is 2.05. The van der Waals surface area contributed by atoms with Crippen LogP contribution in [-0.4, -0.2) is 31.7 Å². The second kappa shape index (κ2) is 7.41. The molecule has 0 saturated carbocycles. The normalized spacial score (nSPS) is 16.4. The predicted octanol–water partition coefficient (Wildman–Crippen LogP) is 2.52. The summed E-state index contributed by atoms with van der Waals surface area (Å²) in [7, 11) is 0. The van der Waals surface area contributed by atoms with Gasteiger partial charge in [-0.3, -0.25) is 4.79 Å². The Hall–Kier alpha value is -1.39. The van der Waals surface area contributed by atoms with E-state index in [1.165, 1.54) is 0 Å². The molecule has 0 aromatic heterocycles. The zero-order chi connectivity index (χ0) is 14.4. The Labute approximate surface area is 120 Å². The number of carbonyl (C=O) groups is 1. The summed E-state index contributed by atoms with van der Waals surface area (Å²) in [6.07, 6.45) is 2.17. The van der Waals surface area contributed by atoms with Crippen LogP contribution in [0.15, 0.2) is 24.3 Å². The molecule has 1 aliphatic rings. The fraction of sp³-hybridized carbons (Fsp3) is 0.562. The molecule has 0 atom stereocenters. The minimum absolute atomic E-state index is 0.0726. The first kappa shape index (κ1) is 15.0. The first-order valence-electron chi connectivity index (χ1n) is 7.38. The van der Waals surface area contributed by atoms with E-state index >= 15 is 0 Å². The molecule has 1 saturated heterocycles. The lowest BCUT2D eigenvalue weighted by molar-refractivity contribution is -0.123. The Morgan fingerprint density at radius 3 is 2.75 bits per heavy atom. The predicted molar refractivity (Wildman–Crippen MR) is 81.0 cm³/mol. The van der Waals surface area contributed by atoms with Gasteiger partial charge in [-0.05, 0) is 43.5 Å². The molecule has 110 valence electrons. The van der Waals surface area contributed by atoms with Crippen LogP contribution in [0.5, 0.6) is 0 Å². The van der Waals surface area contributed by atoms with Crippen molar-refractivity contribution in [3.05, 3.63) is 29.8 Å². The molecule has 0 aliphatic carbocycles. The average Bonchev–Trinajstić information content (AvgIpc) is 2.46. The number of carbonyl (C=O) groups excluding carboxylic acids is 1. The van der Waals surface area contributed by atoms with Crippen molar-refractivity contribution in [1.82, 2.24) is 5.32 Å². The molecule has 1 aromatic rings. The highest BCUT2D eigenvalue weighted by Gasteiger charge is 2.15. The van der Waals surface area contributed by atoms with Crippen LogP contribution in [0.25, 0.3) is 0 Å². The third-order valence-corrected chi connectivity index (χ3v) is 3.59. The second-order valence-corrected chi connectivity index (χ2v) is 5.55. The van der Waals surface area contributed by atoms with Crippen LogP contribution < -0.4 is 10.6 Å². The van der Waals surface area contributed by atoms with E-state index in [-0.39, 0.29) is 18.6 Å². The first-order chi connectivity index (χ1) is 9.66. The minimum Gasteiger partial charge on any atom is -0.368 e. The standard InChI is InChI=1S/C16H24N2O2/c1-12(2)14-5-3-4-6-15(14)18-16(19)11-20-13-7-9-17-10-8-13/h3-6,12-13,17H,7-11H2,1-2H3,(H,18,19). The average molecular weight is 276 g/mol. The largest absolute Gasteiger partial charge is 0.368 e. The third kappa shape index (κ3) is 4.32. The van der Waals surface area contributed by atoms with Gasteiger partial charge in [0.2, 0.25) is 5.91 Å². The van der Waals surface area contributed by atoms with Gasteiger partial charge in [-0.15, -0.1) is 0 Å². The van der Waals surface area contributed by atoms with E-state index in [4.69, 9.17) is 4.74 Å². The van der Waals surface area contributed by atoms with Gasteiger partial charge in [0.1, 0.15) is 6.61 Å². The number of ether oxygens (including phenoxy) is 1. The Bertz CT molecular complexity index is 440. The monoisotopic (exact) mass is 276 g/mol. The molecule has 0 spiro atoms. The maximum atomic E-state index is 12.0. The highest BCUT2D eigenvalue weighted by atomic mass is 16.5. The van der Waals surface area contributed by atoms with Crippen molar-refractivity contribution in [1.29, 1.82) is 0 Å². The molecule has 0 bridgehead atoms. The van der Waals surface area contributed by atoms with Crippen LogP contribution in [0.1, 0.15) is 38.2 Å². The number of benzene rings is 1. The van der Waals surface area contributed by atoms with Crippen molar-refractivity contribution in [2.24, 2.45) is 0 Å². The summed E-state index contributed by atoms with van der Waals surface area (Å²) >= 11 is 0. The maximum absolute atomic E-state index is 12.0. The zero-order valence-electron chi connectivity index (χ0n) is 12.3. The van der Waals surface area contributed by atoms with Crippen LogP contribution in [0.3, 0.4) is 0 Å². The lowest BCUT2D eigenvalue weighted by Gasteiger charge is -2.22. The molecule has 4 heteroatoms. The van der Waals surface area contributed by atoms with Crippen molar-refractivity contribution in [3.8, 4) is 0 Å². The van der Waals surface area contributed by atoms with Gasteiger partial charge in [0.15, 0.2) is 0 Å². The molecule has 1 aliphatic heterocycles. The van der Waals surface area contributed by atoms with Crippen molar-refractivity contribution in [2.75, 3.05) is 25.0 Å². The highest BCUT2D eigenvalue weighted by molar-refractivity contribution is 5.92. The van der Waals surface area contributed by atoms with Gasteiger partial charge in [0, 0.05) is 5.69 Å². The van der Waals surface area contributed by atoms with Gasteiger partial charge >= 0.3 is 0 Å². The van der Waals surface area contributed by atoms with Gasteiger partial charge < -0.3 is 15.4 Å². The fourth-order valence-corrected chi connectivity index (χ4v) is 2.46. The summed E-state index contributed by atoms with van der Waals surface area (Å²) in [6.45, 7) is 6.33. The molecule has 1 heterocycles. The number of rotatable bonds is 5. The Morgan fingerprint density at radius 1 is 1.35 bits per heavy atom. The minimum atomic E-state index is -0.0726. The van der Waals surface area contributed by atoms with Crippen molar-refractivity contribution < 1.29 is 9.53 Å². The van der Waals surface area contributed by atoms with E-state index in [1.807, 2.05) is 24.3 Å². The molecule has 4 nitrogen and oxygen atoms in total. The lowest BCUT2D eigenvalue weighted by Crippen LogP contribution is -2.34. The topological polar surface area (TPSA) is 50.4 Å². The van der Waals surface area contributed by atoms with Crippen LogP contribution in [0.4, 0.5) is 5.69 Å². The van der Waals surface area contributed by atoms with Gasteiger partial charge in [0.25, 0.3) is 0 Å². The number of anilines is 1. The summed E-state index contributed by atoms with van der Waals surface area (Å²) in [5, 5.41) is 6.23. The number of para-hydroxylation sites is 1. The summed E-state index contributed by atoms with van der Waals surface area (Å²) in [5.74, 6) is 0.313. The molecule has 2 N–H and O–H groups in total. The molecule has 20 heavy (non-hydrogen) atoms. The Balaban J connectivity index is 1.85.